The zero-order chi connectivity index (χ0) is 18.2. The second-order valence-corrected chi connectivity index (χ2v) is 7.93. The second kappa shape index (κ2) is 6.63. The third kappa shape index (κ3) is 3.92. The van der Waals surface area contributed by atoms with Crippen molar-refractivity contribution in [1.82, 2.24) is 20.1 Å². The van der Waals surface area contributed by atoms with E-state index in [4.69, 9.17) is 10.2 Å². The van der Waals surface area contributed by atoms with E-state index in [0.29, 0.717) is 5.92 Å². The summed E-state index contributed by atoms with van der Waals surface area (Å²) in [7, 11) is 0. The van der Waals surface area contributed by atoms with Crippen LogP contribution in [-0.4, -0.2) is 39.1 Å². The lowest BCUT2D eigenvalue weighted by Gasteiger charge is -2.31. The van der Waals surface area contributed by atoms with Gasteiger partial charge in [-0.25, -0.2) is 4.98 Å². The number of carbonyl (C=O) groups is 1. The van der Waals surface area contributed by atoms with Gasteiger partial charge in [0.25, 0.3) is 5.91 Å². The molecule has 136 valence electrons. The van der Waals surface area contributed by atoms with E-state index in [1.165, 1.54) is 0 Å². The molecule has 1 aliphatic rings. The fourth-order valence-electron chi connectivity index (χ4n) is 3.50. The number of amides is 1. The van der Waals surface area contributed by atoms with E-state index < -0.39 is 5.91 Å². The van der Waals surface area contributed by atoms with Crippen molar-refractivity contribution >= 4 is 5.91 Å². The molecule has 1 atom stereocenters. The summed E-state index contributed by atoms with van der Waals surface area (Å²) in [6, 6.07) is 1.80. The predicted octanol–water partition coefficient (Wildman–Crippen LogP) is 2.48. The molecular weight excluding hydrogens is 318 g/mol. The Labute approximate surface area is 148 Å². The van der Waals surface area contributed by atoms with Gasteiger partial charge in [-0.1, -0.05) is 20.8 Å². The van der Waals surface area contributed by atoms with Crippen molar-refractivity contribution < 1.29 is 9.21 Å². The van der Waals surface area contributed by atoms with Gasteiger partial charge in [-0.2, -0.15) is 5.10 Å². The van der Waals surface area contributed by atoms with Gasteiger partial charge in [-0.3, -0.25) is 14.8 Å². The number of nitrogens with two attached hydrogens (primary N) is 1. The van der Waals surface area contributed by atoms with Gasteiger partial charge in [0.1, 0.15) is 11.6 Å². The average molecular weight is 345 g/mol. The van der Waals surface area contributed by atoms with Crippen molar-refractivity contribution in [3.05, 3.63) is 34.8 Å². The van der Waals surface area contributed by atoms with E-state index in [2.05, 4.69) is 40.9 Å². The highest BCUT2D eigenvalue weighted by molar-refractivity contribution is 5.90. The Kier molecular flexibility index (Phi) is 4.69. The number of likely N-dealkylation sites (tertiary alicyclic amines) is 1. The summed E-state index contributed by atoms with van der Waals surface area (Å²) in [4.78, 5) is 18.4. The molecule has 0 spiro atoms. The Morgan fingerprint density at radius 1 is 1.48 bits per heavy atom. The maximum atomic E-state index is 11.5. The number of primary amides is 1. The van der Waals surface area contributed by atoms with Gasteiger partial charge < -0.3 is 10.2 Å². The van der Waals surface area contributed by atoms with E-state index in [0.717, 1.165) is 55.4 Å². The molecule has 2 aromatic heterocycles. The molecular formula is C18H27N5O2. The summed E-state index contributed by atoms with van der Waals surface area (Å²) < 4.78 is 5.77. The molecule has 3 heterocycles. The summed E-state index contributed by atoms with van der Waals surface area (Å²) >= 11 is 0. The minimum atomic E-state index is -0.524. The molecule has 2 aromatic rings. The Morgan fingerprint density at radius 3 is 2.84 bits per heavy atom. The quantitative estimate of drug-likeness (QED) is 0.886. The molecule has 1 amide bonds. The molecule has 7 heteroatoms. The fraction of sp³-hybridized carbons (Fsp3) is 0.611. The number of furan rings is 1. The predicted molar refractivity (Wildman–Crippen MR) is 94.3 cm³/mol. The standard InChI is InChI=1S/C18H27N5O2/c1-11-20-17(22-21-11)12-6-5-7-23(9-12)10-13-8-14(16(19)24)25-15(13)18(2,3)4/h8,12H,5-7,9-10H2,1-4H3,(H2,19,24)(H,20,21,22)/t12-/m0/s1. The van der Waals surface area contributed by atoms with Crippen LogP contribution in [0, 0.1) is 6.92 Å². The van der Waals surface area contributed by atoms with Crippen molar-refractivity contribution in [2.24, 2.45) is 5.73 Å². The van der Waals surface area contributed by atoms with Crippen LogP contribution in [0.3, 0.4) is 0 Å². The molecule has 0 bridgehead atoms. The number of piperidine rings is 1. The van der Waals surface area contributed by atoms with E-state index in [1.807, 2.05) is 6.92 Å². The first-order chi connectivity index (χ1) is 11.7. The SMILES string of the molecule is Cc1nc([C@H]2CCCN(Cc3cc(C(N)=O)oc3C(C)(C)C)C2)n[nH]1. The number of nitrogens with zero attached hydrogens (tertiary/aromatic N) is 3. The lowest BCUT2D eigenvalue weighted by atomic mass is 9.90. The first-order valence-electron chi connectivity index (χ1n) is 8.78. The first kappa shape index (κ1) is 17.7. The van der Waals surface area contributed by atoms with Gasteiger partial charge in [-0.15, -0.1) is 0 Å². The second-order valence-electron chi connectivity index (χ2n) is 7.93. The topological polar surface area (TPSA) is 101 Å². The van der Waals surface area contributed by atoms with Crippen molar-refractivity contribution in [3.63, 3.8) is 0 Å². The molecule has 1 fully saturated rings. The molecule has 0 unspecified atom stereocenters. The largest absolute Gasteiger partial charge is 0.455 e. The number of hydrogen-bond donors (Lipinski definition) is 2. The Morgan fingerprint density at radius 2 is 2.24 bits per heavy atom. The normalized spacial score (nSPS) is 19.3. The van der Waals surface area contributed by atoms with Crippen molar-refractivity contribution in [2.45, 2.75) is 58.4 Å². The Balaban J connectivity index is 1.78. The van der Waals surface area contributed by atoms with Crippen LogP contribution in [0.15, 0.2) is 10.5 Å². The summed E-state index contributed by atoms with van der Waals surface area (Å²) in [5.74, 6) is 2.62. The van der Waals surface area contributed by atoms with Crippen molar-refractivity contribution in [3.8, 4) is 0 Å². The third-order valence-corrected chi connectivity index (χ3v) is 4.61. The number of aromatic nitrogens is 3. The van der Waals surface area contributed by atoms with Crippen LogP contribution in [0.25, 0.3) is 0 Å². The highest BCUT2D eigenvalue weighted by atomic mass is 16.4. The monoisotopic (exact) mass is 345 g/mol. The highest BCUT2D eigenvalue weighted by Gasteiger charge is 2.29. The molecule has 0 saturated carbocycles. The van der Waals surface area contributed by atoms with E-state index >= 15 is 0 Å². The number of hydrogen-bond acceptors (Lipinski definition) is 5. The maximum absolute atomic E-state index is 11.5. The van der Waals surface area contributed by atoms with Gasteiger partial charge in [0.15, 0.2) is 11.6 Å². The van der Waals surface area contributed by atoms with Gasteiger partial charge in [-0.05, 0) is 32.4 Å². The van der Waals surface area contributed by atoms with Crippen LogP contribution >= 0.6 is 0 Å². The number of aryl methyl sites for hydroxylation is 1. The lowest BCUT2D eigenvalue weighted by molar-refractivity contribution is 0.0970. The third-order valence-electron chi connectivity index (χ3n) is 4.61. The van der Waals surface area contributed by atoms with Crippen LogP contribution in [-0.2, 0) is 12.0 Å². The number of aromatic amines is 1. The van der Waals surface area contributed by atoms with Crippen LogP contribution < -0.4 is 5.73 Å². The van der Waals surface area contributed by atoms with Crippen LogP contribution in [0.2, 0.25) is 0 Å². The summed E-state index contributed by atoms with van der Waals surface area (Å²) in [6.45, 7) is 10.8. The van der Waals surface area contributed by atoms with Crippen LogP contribution in [0.5, 0.6) is 0 Å². The summed E-state index contributed by atoms with van der Waals surface area (Å²) in [5, 5.41) is 7.25. The zero-order valence-electron chi connectivity index (χ0n) is 15.4. The summed E-state index contributed by atoms with van der Waals surface area (Å²) in [5.41, 5.74) is 6.26. The van der Waals surface area contributed by atoms with E-state index in [-0.39, 0.29) is 11.2 Å². The van der Waals surface area contributed by atoms with E-state index in [1.54, 1.807) is 6.07 Å². The number of rotatable bonds is 4. The van der Waals surface area contributed by atoms with Crippen LogP contribution in [0.1, 0.15) is 73.1 Å². The Bertz CT molecular complexity index is 756. The number of nitrogens with one attached hydrogen (secondary N) is 1. The molecule has 0 aromatic carbocycles. The van der Waals surface area contributed by atoms with Gasteiger partial charge >= 0.3 is 0 Å². The molecule has 0 aliphatic carbocycles. The Hall–Kier alpha value is -2.15. The molecule has 0 radical (unpaired) electrons. The minimum Gasteiger partial charge on any atom is -0.455 e. The van der Waals surface area contributed by atoms with E-state index in [9.17, 15) is 4.79 Å². The maximum Gasteiger partial charge on any atom is 0.284 e. The average Bonchev–Trinajstić information content (AvgIpc) is 3.14. The van der Waals surface area contributed by atoms with Crippen molar-refractivity contribution in [2.75, 3.05) is 13.1 Å². The molecule has 25 heavy (non-hydrogen) atoms. The van der Waals surface area contributed by atoms with Crippen LogP contribution in [0.4, 0.5) is 0 Å². The lowest BCUT2D eigenvalue weighted by Crippen LogP contribution is -2.34. The minimum absolute atomic E-state index is 0.181. The smallest absolute Gasteiger partial charge is 0.284 e. The van der Waals surface area contributed by atoms with Gasteiger partial charge in [0, 0.05) is 30.0 Å². The molecule has 3 N–H and O–H groups in total. The molecule has 3 rings (SSSR count). The van der Waals surface area contributed by atoms with Gasteiger partial charge in [0.2, 0.25) is 0 Å². The van der Waals surface area contributed by atoms with Crippen molar-refractivity contribution in [1.29, 1.82) is 0 Å². The summed E-state index contributed by atoms with van der Waals surface area (Å²) in [6.07, 6.45) is 2.20. The number of H-pyrrole nitrogens is 1. The molecule has 1 aliphatic heterocycles. The molecule has 7 nitrogen and oxygen atoms in total. The molecule has 1 saturated heterocycles. The van der Waals surface area contributed by atoms with Gasteiger partial charge in [0.05, 0.1) is 0 Å². The zero-order valence-corrected chi connectivity index (χ0v) is 15.4. The first-order valence-corrected chi connectivity index (χ1v) is 8.78. The fourth-order valence-corrected chi connectivity index (χ4v) is 3.50. The number of carbonyl (C=O) groups excluding carboxylic acids is 1. The highest BCUT2D eigenvalue weighted by Crippen LogP contribution is 2.32.